The fourth-order valence-corrected chi connectivity index (χ4v) is 2.48. The summed E-state index contributed by atoms with van der Waals surface area (Å²) in [6, 6.07) is 3.74. The van der Waals surface area contributed by atoms with Crippen LogP contribution in [0.15, 0.2) is 24.5 Å². The summed E-state index contributed by atoms with van der Waals surface area (Å²) in [5.41, 5.74) is 1.84. The Morgan fingerprint density at radius 3 is 2.86 bits per heavy atom. The Morgan fingerprint density at radius 1 is 1.24 bits per heavy atom. The van der Waals surface area contributed by atoms with E-state index in [1.165, 1.54) is 6.42 Å². The molecule has 1 saturated heterocycles. The average molecular weight is 289 g/mol. The van der Waals surface area contributed by atoms with E-state index in [9.17, 15) is 0 Å². The molecule has 0 radical (unpaired) electrons. The third-order valence-corrected chi connectivity index (χ3v) is 3.60. The summed E-state index contributed by atoms with van der Waals surface area (Å²) >= 11 is 0. The monoisotopic (exact) mass is 289 g/mol. The van der Waals surface area contributed by atoms with Crippen molar-refractivity contribution in [3.63, 3.8) is 0 Å². The lowest BCUT2D eigenvalue weighted by atomic mass is 10.1. The standard InChI is InChI=1S/C15H19N3O3/c1-19-13-7-6-12(15(17-13)20-2)11-9-16-18(10-11)14-5-3-4-8-21-14/h6-7,9-10,14H,3-5,8H2,1-2H3. The normalized spacial score (nSPS) is 18.5. The molecule has 2 aromatic rings. The lowest BCUT2D eigenvalue weighted by Crippen LogP contribution is -2.18. The second-order valence-electron chi connectivity index (χ2n) is 4.94. The zero-order valence-electron chi connectivity index (χ0n) is 12.3. The highest BCUT2D eigenvalue weighted by atomic mass is 16.5. The van der Waals surface area contributed by atoms with Gasteiger partial charge in [-0.2, -0.15) is 10.1 Å². The number of methoxy groups -OCH3 is 2. The van der Waals surface area contributed by atoms with E-state index in [0.29, 0.717) is 11.8 Å². The molecule has 0 amide bonds. The van der Waals surface area contributed by atoms with E-state index < -0.39 is 0 Å². The van der Waals surface area contributed by atoms with Crippen LogP contribution in [0.2, 0.25) is 0 Å². The lowest BCUT2D eigenvalue weighted by Gasteiger charge is -2.22. The molecule has 3 rings (SSSR count). The SMILES string of the molecule is COc1ccc(-c2cnn(C3CCCCO3)c2)c(OC)n1. The maximum atomic E-state index is 5.74. The Labute approximate surface area is 123 Å². The molecular weight excluding hydrogens is 270 g/mol. The van der Waals surface area contributed by atoms with Crippen LogP contribution in [-0.2, 0) is 4.74 Å². The molecule has 1 aliphatic heterocycles. The van der Waals surface area contributed by atoms with Crippen molar-refractivity contribution in [1.82, 2.24) is 14.8 Å². The minimum atomic E-state index is 0.0321. The molecule has 0 aromatic carbocycles. The first-order chi connectivity index (χ1) is 10.3. The molecule has 3 heterocycles. The minimum absolute atomic E-state index is 0.0321. The smallest absolute Gasteiger partial charge is 0.224 e. The van der Waals surface area contributed by atoms with Crippen molar-refractivity contribution in [3.05, 3.63) is 24.5 Å². The van der Waals surface area contributed by atoms with Crippen LogP contribution in [0.4, 0.5) is 0 Å². The summed E-state index contributed by atoms with van der Waals surface area (Å²) in [5.74, 6) is 1.05. The maximum absolute atomic E-state index is 5.74. The van der Waals surface area contributed by atoms with Gasteiger partial charge in [0.15, 0.2) is 0 Å². The fourth-order valence-electron chi connectivity index (χ4n) is 2.48. The fraction of sp³-hybridized carbons (Fsp3) is 0.467. The van der Waals surface area contributed by atoms with Crippen molar-refractivity contribution in [3.8, 4) is 22.9 Å². The number of nitrogens with zero attached hydrogens (tertiary/aromatic N) is 3. The van der Waals surface area contributed by atoms with Gasteiger partial charge in [0.05, 0.1) is 20.4 Å². The molecule has 0 N–H and O–H groups in total. The first-order valence-corrected chi connectivity index (χ1v) is 7.07. The Hall–Kier alpha value is -2.08. The van der Waals surface area contributed by atoms with Crippen LogP contribution in [0, 0.1) is 0 Å². The van der Waals surface area contributed by atoms with Gasteiger partial charge in [-0.05, 0) is 25.3 Å². The Balaban J connectivity index is 1.88. The summed E-state index contributed by atoms with van der Waals surface area (Å²) in [6.07, 6.45) is 7.11. The second kappa shape index (κ2) is 6.13. The van der Waals surface area contributed by atoms with E-state index in [1.54, 1.807) is 14.2 Å². The molecule has 0 bridgehead atoms. The molecule has 2 aromatic heterocycles. The minimum Gasteiger partial charge on any atom is -0.481 e. The summed E-state index contributed by atoms with van der Waals surface area (Å²) in [7, 11) is 3.18. The van der Waals surface area contributed by atoms with Crippen LogP contribution in [-0.4, -0.2) is 35.6 Å². The molecule has 0 saturated carbocycles. The number of aromatic nitrogens is 3. The van der Waals surface area contributed by atoms with Crippen molar-refractivity contribution < 1.29 is 14.2 Å². The highest BCUT2D eigenvalue weighted by Crippen LogP contribution is 2.31. The molecule has 0 aliphatic carbocycles. The molecule has 1 unspecified atom stereocenters. The molecule has 0 spiro atoms. The number of pyridine rings is 1. The van der Waals surface area contributed by atoms with Crippen LogP contribution in [0.25, 0.3) is 11.1 Å². The van der Waals surface area contributed by atoms with E-state index in [4.69, 9.17) is 14.2 Å². The van der Waals surface area contributed by atoms with Crippen LogP contribution in [0.1, 0.15) is 25.5 Å². The Morgan fingerprint density at radius 2 is 2.14 bits per heavy atom. The third kappa shape index (κ3) is 2.85. The van der Waals surface area contributed by atoms with Gasteiger partial charge in [0.1, 0.15) is 6.23 Å². The average Bonchev–Trinajstić information content (AvgIpc) is 3.04. The zero-order chi connectivity index (χ0) is 14.7. The van der Waals surface area contributed by atoms with Crippen LogP contribution >= 0.6 is 0 Å². The summed E-state index contributed by atoms with van der Waals surface area (Å²) in [6.45, 7) is 0.799. The molecule has 6 heteroatoms. The van der Waals surface area contributed by atoms with Gasteiger partial charge in [-0.25, -0.2) is 4.68 Å². The first kappa shape index (κ1) is 13.9. The van der Waals surface area contributed by atoms with Gasteiger partial charge >= 0.3 is 0 Å². The molecule has 1 fully saturated rings. The van der Waals surface area contributed by atoms with Gasteiger partial charge in [0.2, 0.25) is 11.8 Å². The van der Waals surface area contributed by atoms with Crippen molar-refractivity contribution in [2.45, 2.75) is 25.5 Å². The quantitative estimate of drug-likeness (QED) is 0.866. The molecule has 6 nitrogen and oxygen atoms in total. The molecule has 21 heavy (non-hydrogen) atoms. The van der Waals surface area contributed by atoms with Gasteiger partial charge < -0.3 is 14.2 Å². The zero-order valence-corrected chi connectivity index (χ0v) is 12.3. The third-order valence-electron chi connectivity index (χ3n) is 3.60. The van der Waals surface area contributed by atoms with Gasteiger partial charge in [0, 0.05) is 30.0 Å². The van der Waals surface area contributed by atoms with Crippen molar-refractivity contribution in [2.75, 3.05) is 20.8 Å². The van der Waals surface area contributed by atoms with Crippen molar-refractivity contribution >= 4 is 0 Å². The van der Waals surface area contributed by atoms with Gasteiger partial charge in [0.25, 0.3) is 0 Å². The summed E-state index contributed by atoms with van der Waals surface area (Å²) in [4.78, 5) is 4.30. The maximum Gasteiger partial charge on any atom is 0.224 e. The first-order valence-electron chi connectivity index (χ1n) is 7.07. The van der Waals surface area contributed by atoms with Crippen LogP contribution in [0.5, 0.6) is 11.8 Å². The lowest BCUT2D eigenvalue weighted by molar-refractivity contribution is -0.0394. The van der Waals surface area contributed by atoms with Gasteiger partial charge in [-0.15, -0.1) is 0 Å². The highest BCUT2D eigenvalue weighted by Gasteiger charge is 2.18. The molecule has 1 atom stereocenters. The molecule has 112 valence electrons. The van der Waals surface area contributed by atoms with Crippen molar-refractivity contribution in [1.29, 1.82) is 0 Å². The Kier molecular flexibility index (Phi) is 4.06. The van der Waals surface area contributed by atoms with E-state index in [2.05, 4.69) is 10.1 Å². The van der Waals surface area contributed by atoms with E-state index in [0.717, 1.165) is 30.6 Å². The number of hydrogen-bond acceptors (Lipinski definition) is 5. The number of rotatable bonds is 4. The van der Waals surface area contributed by atoms with Gasteiger partial charge in [-0.1, -0.05) is 0 Å². The Bertz CT molecular complexity index is 606. The highest BCUT2D eigenvalue weighted by molar-refractivity contribution is 5.67. The second-order valence-corrected chi connectivity index (χ2v) is 4.94. The summed E-state index contributed by atoms with van der Waals surface area (Å²) < 4.78 is 18.1. The van der Waals surface area contributed by atoms with Gasteiger partial charge in [-0.3, -0.25) is 0 Å². The number of ether oxygens (including phenoxy) is 3. The van der Waals surface area contributed by atoms with Crippen molar-refractivity contribution in [2.24, 2.45) is 0 Å². The largest absolute Gasteiger partial charge is 0.481 e. The predicted octanol–water partition coefficient (Wildman–Crippen LogP) is 2.66. The predicted molar refractivity (Wildman–Crippen MR) is 77.4 cm³/mol. The van der Waals surface area contributed by atoms with Crippen LogP contribution < -0.4 is 9.47 Å². The molecule has 1 aliphatic rings. The number of hydrogen-bond donors (Lipinski definition) is 0. The summed E-state index contributed by atoms with van der Waals surface area (Å²) in [5, 5.41) is 4.41. The van der Waals surface area contributed by atoms with E-state index >= 15 is 0 Å². The van der Waals surface area contributed by atoms with Crippen LogP contribution in [0.3, 0.4) is 0 Å². The topological polar surface area (TPSA) is 58.4 Å². The van der Waals surface area contributed by atoms with E-state index in [-0.39, 0.29) is 6.23 Å². The van der Waals surface area contributed by atoms with E-state index in [1.807, 2.05) is 29.2 Å². The molecular formula is C15H19N3O3.